The van der Waals surface area contributed by atoms with E-state index in [0.29, 0.717) is 31.0 Å². The molecule has 0 aliphatic carbocycles. The first-order chi connectivity index (χ1) is 47.5. The number of nitrogens with zero attached hydrogens (tertiary/aromatic N) is 7. The van der Waals surface area contributed by atoms with E-state index in [0.717, 1.165) is 119 Å². The molecule has 2 aromatic carbocycles. The third kappa shape index (κ3) is 22.4. The van der Waals surface area contributed by atoms with Gasteiger partial charge in [-0.3, -0.25) is 33.6 Å². The largest absolute Gasteiger partial charge is 0.490 e. The fourth-order valence-electron chi connectivity index (χ4n) is 15.5. The number of Topliss-reactive ketones (excluding diaryl/α,β-unsaturated/α-hetero) is 1. The first kappa shape index (κ1) is 86.3. The Morgan fingerprint density at radius 2 is 0.893 bits per heavy atom. The summed E-state index contributed by atoms with van der Waals surface area (Å²) in [7, 11) is 12.5. The molecule has 0 aromatic heterocycles. The van der Waals surface area contributed by atoms with Gasteiger partial charge in [0.15, 0.2) is 5.78 Å². The quantitative estimate of drug-likeness (QED) is 0.0670. The summed E-state index contributed by atoms with van der Waals surface area (Å²) in [6, 6.07) is 20.4. The van der Waals surface area contributed by atoms with Crippen molar-refractivity contribution in [3.05, 3.63) is 131 Å². The number of amides is 6. The summed E-state index contributed by atoms with van der Waals surface area (Å²) >= 11 is 0. The molecule has 0 bridgehead atoms. The molecule has 0 saturated carbocycles. The lowest BCUT2D eigenvalue weighted by molar-refractivity contribution is -0.252. The molecule has 2 aromatic rings. The summed E-state index contributed by atoms with van der Waals surface area (Å²) in [5.74, 6) is 2.40. The minimum Gasteiger partial charge on any atom is -0.490 e. The SMILES string of the molecule is C.C.CC(C)C[C@H]1C(=O)CC(=O)N1C1CCN(C2=CC(=O)N[C@H]2Cc2ccccc2)C1.CC(C)C[C@H]1C(N2CC[C@H](N3C(=O)C=C(OC(C)(C)C)[C@@H]3C)C2)=CC(=O)N1C1CCN(C2=CC(=O)N[C@H]2Cc2ccccc2)C1.COC(OC)OC.C[C@H]1C(OC(C)(C)C)=CC(=O)N1[C@H]1CCNC1.[B].[B][B]. The number of benzene rings is 2. The van der Waals surface area contributed by atoms with Crippen LogP contribution in [0.25, 0.3) is 0 Å². The second-order valence-electron chi connectivity index (χ2n) is 30.4. The highest BCUT2D eigenvalue weighted by molar-refractivity contribution is 6.75. The Bertz CT molecular complexity index is 3320. The summed E-state index contributed by atoms with van der Waals surface area (Å²) in [6.07, 6.45) is 15.3. The van der Waals surface area contributed by atoms with Crippen molar-refractivity contribution >= 4 is 65.1 Å². The van der Waals surface area contributed by atoms with E-state index in [9.17, 15) is 33.6 Å². The van der Waals surface area contributed by atoms with Gasteiger partial charge in [0, 0.05) is 145 Å². The number of hydrogen-bond donors (Lipinski definition) is 3. The van der Waals surface area contributed by atoms with Crippen molar-refractivity contribution in [3.63, 3.8) is 0 Å². The van der Waals surface area contributed by atoms with Gasteiger partial charge in [-0.25, -0.2) is 0 Å². The third-order valence-electron chi connectivity index (χ3n) is 19.7. The van der Waals surface area contributed by atoms with Crippen LogP contribution in [0.5, 0.6) is 0 Å². The van der Waals surface area contributed by atoms with Crippen molar-refractivity contribution in [1.82, 2.24) is 50.2 Å². The zero-order valence-electron chi connectivity index (χ0n) is 62.4. The Morgan fingerprint density at radius 3 is 1.28 bits per heavy atom. The maximum atomic E-state index is 13.8. The Hall–Kier alpha value is -7.34. The topological polar surface area (TPSA) is 224 Å². The van der Waals surface area contributed by atoms with Gasteiger partial charge in [0.2, 0.25) is 23.6 Å². The number of rotatable bonds is 20. The lowest BCUT2D eigenvalue weighted by atomic mass is 9.81. The summed E-state index contributed by atoms with van der Waals surface area (Å²) in [5.41, 5.74) is 4.88. The van der Waals surface area contributed by atoms with E-state index in [4.69, 9.17) is 9.47 Å². The summed E-state index contributed by atoms with van der Waals surface area (Å²) in [5, 5.41) is 9.49. The van der Waals surface area contributed by atoms with Crippen LogP contribution in [0, 0.1) is 11.8 Å². The monoisotopic (exact) mass is 1420 g/mol. The molecule has 5 fully saturated rings. The molecule has 103 heavy (non-hydrogen) atoms. The van der Waals surface area contributed by atoms with Crippen LogP contribution in [-0.4, -0.2) is 251 Å². The maximum absolute atomic E-state index is 13.8. The Labute approximate surface area is 619 Å². The van der Waals surface area contributed by atoms with Crippen LogP contribution in [0.2, 0.25) is 0 Å². The lowest BCUT2D eigenvalue weighted by Crippen LogP contribution is -2.48. The molecule has 10 aliphatic heterocycles. The van der Waals surface area contributed by atoms with Gasteiger partial charge >= 0.3 is 0 Å². The van der Waals surface area contributed by atoms with E-state index in [1.165, 1.54) is 32.5 Å². The summed E-state index contributed by atoms with van der Waals surface area (Å²) in [4.78, 5) is 103. The molecular weight excluding hydrogens is 1300 g/mol. The van der Waals surface area contributed by atoms with E-state index < -0.39 is 6.48 Å². The van der Waals surface area contributed by atoms with Gasteiger partial charge in [-0.05, 0) is 136 Å². The molecule has 0 spiro atoms. The molecule has 7 radical (unpaired) electrons. The average Bonchev–Trinajstić information content (AvgIpc) is 1.62. The first-order valence-corrected chi connectivity index (χ1v) is 35.9. The second-order valence-corrected chi connectivity index (χ2v) is 30.4. The number of ether oxygens (including phenoxy) is 5. The van der Waals surface area contributed by atoms with E-state index in [1.807, 2.05) is 113 Å². The van der Waals surface area contributed by atoms with Gasteiger partial charge in [0.1, 0.15) is 22.7 Å². The Kier molecular flexibility index (Phi) is 32.4. The predicted octanol–water partition coefficient (Wildman–Crippen LogP) is 7.35. The predicted molar refractivity (Wildman–Crippen MR) is 405 cm³/mol. The van der Waals surface area contributed by atoms with Gasteiger partial charge in [-0.1, -0.05) is 103 Å². The molecule has 10 aliphatic rings. The smallest absolute Gasteiger partial charge is 0.270 e. The minimum atomic E-state index is -0.514. The van der Waals surface area contributed by atoms with Crippen LogP contribution in [0.1, 0.15) is 154 Å². The van der Waals surface area contributed by atoms with Gasteiger partial charge in [0.25, 0.3) is 18.3 Å². The van der Waals surface area contributed by atoms with Crippen molar-refractivity contribution in [2.24, 2.45) is 11.8 Å². The molecule has 10 atom stereocenters. The van der Waals surface area contributed by atoms with Crippen molar-refractivity contribution < 1.29 is 57.2 Å². The number of ketones is 1. The number of carbonyl (C=O) groups excluding carboxylic acids is 7. The molecule has 3 N–H and O–H groups in total. The molecule has 6 amide bonds. The highest BCUT2D eigenvalue weighted by Crippen LogP contribution is 2.39. The molecule has 12 rings (SSSR count). The van der Waals surface area contributed by atoms with Gasteiger partial charge in [0.05, 0.1) is 60.8 Å². The average molecular weight is 1420 g/mol. The van der Waals surface area contributed by atoms with E-state index in [-0.39, 0.29) is 136 Å². The summed E-state index contributed by atoms with van der Waals surface area (Å²) in [6.45, 7) is 30.6. The molecular formula is C78H118B3N10O12. The Balaban J connectivity index is 0.000000281. The number of hydrogen-bond acceptors (Lipinski definition) is 16. The van der Waals surface area contributed by atoms with Crippen molar-refractivity contribution in [1.29, 1.82) is 0 Å². The standard InChI is InChI=1S/C36H49N5O4.C23H29N3O3.C13H22N2O2.C4H10O3.2CH4.B2.B/c1-23(2)16-31-30(39-15-12-26(21-39)40-24(3)32(20-35(40)44)45-36(4,5)6)19-34(43)41(31)27-13-14-38(22-27)29-18-33(42)37-28(29)17-25-10-8-7-9-11-25;1-15(2)10-20-21(27)13-23(29)26(20)17-8-9-25(14-17)19-12-22(28)24-18(19)11-16-6-4-3-5-7-16;1-9-11(17-13(2,3)4)7-12(16)15(9)10-5-6-14-8-10;1-5-4(6-2)7-3;;;1-2;/h7-11,18-20,23-24,26-28,31H,12-17,21-22H2,1-6H3,(H,37,42);3-7,12,15,17-18,20H,8-11,13-14H2,1-2H3,(H,24,28);7,9-10,14H,5-6,8H2,1-4H3;4H,1-3H3;2*1H4;;/t24-,26-,27?,28-,31-;17?,18-,20-;9-,10-;;;;;/m000...../s1. The zero-order chi connectivity index (χ0) is 72.9. The summed E-state index contributed by atoms with van der Waals surface area (Å²) < 4.78 is 25.8. The fourth-order valence-corrected chi connectivity index (χ4v) is 15.5. The second kappa shape index (κ2) is 38.6. The molecule has 22 nitrogen and oxygen atoms in total. The third-order valence-corrected chi connectivity index (χ3v) is 19.7. The van der Waals surface area contributed by atoms with Crippen LogP contribution in [0.3, 0.4) is 0 Å². The fraction of sp³-hybridized carbons (Fsp3) is 0.628. The van der Waals surface area contributed by atoms with Crippen LogP contribution in [0.4, 0.5) is 0 Å². The van der Waals surface area contributed by atoms with E-state index in [2.05, 4.69) is 117 Å². The van der Waals surface area contributed by atoms with Crippen molar-refractivity contribution in [3.8, 4) is 0 Å². The van der Waals surface area contributed by atoms with Crippen LogP contribution < -0.4 is 16.0 Å². The number of methoxy groups -OCH3 is 3. The molecule has 25 heteroatoms. The van der Waals surface area contributed by atoms with E-state index in [1.54, 1.807) is 24.3 Å². The minimum absolute atomic E-state index is 0. The van der Waals surface area contributed by atoms with Crippen LogP contribution in [-0.2, 0) is 70.1 Å². The lowest BCUT2D eigenvalue weighted by Gasteiger charge is -2.37. The van der Waals surface area contributed by atoms with Gasteiger partial charge in [-0.2, -0.15) is 0 Å². The number of carbonyl (C=O) groups is 7. The highest BCUT2D eigenvalue weighted by atomic mass is 16.8. The number of nitrogens with one attached hydrogen (secondary N) is 3. The van der Waals surface area contributed by atoms with E-state index >= 15 is 0 Å². The van der Waals surface area contributed by atoms with Crippen molar-refractivity contribution in [2.75, 3.05) is 73.7 Å². The van der Waals surface area contributed by atoms with Gasteiger partial charge < -0.3 is 73.9 Å². The number of likely N-dealkylation sites (tertiary alicyclic amines) is 4. The normalized spacial score (nSPS) is 25.9. The molecule has 5 saturated heterocycles. The maximum Gasteiger partial charge on any atom is 0.270 e. The van der Waals surface area contributed by atoms with Crippen molar-refractivity contribution in [2.45, 2.75) is 234 Å². The highest BCUT2D eigenvalue weighted by Gasteiger charge is 2.49. The zero-order valence-corrected chi connectivity index (χ0v) is 62.4. The van der Waals surface area contributed by atoms with Crippen LogP contribution in [0.15, 0.2) is 120 Å². The van der Waals surface area contributed by atoms with Crippen LogP contribution >= 0.6 is 0 Å². The molecule has 561 valence electrons. The molecule has 2 unspecified atom stereocenters. The first-order valence-electron chi connectivity index (χ1n) is 35.9. The molecule has 10 heterocycles. The Morgan fingerprint density at radius 1 is 0.505 bits per heavy atom. The van der Waals surface area contributed by atoms with Gasteiger partial charge in [-0.15, -0.1) is 0 Å².